The first kappa shape index (κ1) is 28.1. The number of hydrogen-bond donors (Lipinski definition) is 1. The summed E-state index contributed by atoms with van der Waals surface area (Å²) in [6, 6.07) is 18.2. The Morgan fingerprint density at radius 2 is 1.91 bits per heavy atom. The number of halogens is 1. The SMILES string of the molecule is Cc1cnc(CNC(=O)c2/c(=N/c3cccc(F)c3)c3ccc(N4CCCN(C)CC4)nc3n3c2sc2ccccc23)cn1. The molecule has 4 aromatic heterocycles. The number of aryl methyl sites for hydroxylation is 1. The van der Waals surface area contributed by atoms with Crippen molar-refractivity contribution in [3.63, 3.8) is 0 Å². The van der Waals surface area contributed by atoms with Crippen LogP contribution in [0.5, 0.6) is 0 Å². The molecular weight excluding hydrogens is 575 g/mol. The standard InChI is InChI=1S/C33H31FN8OS/c1-21-18-36-24(19-35-21)20-37-32(43)29-30(38-23-8-5-7-22(34)17-23)25-11-12-28(41-14-6-13-40(2)15-16-41)39-31(25)42-26-9-3-4-10-27(26)44-33(29)42/h3-5,7-12,17-19H,6,13-16,20H2,1-2H3,(H,37,43)/b38-30+. The summed E-state index contributed by atoms with van der Waals surface area (Å²) >= 11 is 1.51. The molecular formula is C33H31FN8OS. The van der Waals surface area contributed by atoms with Crippen molar-refractivity contribution in [2.75, 3.05) is 38.1 Å². The zero-order valence-electron chi connectivity index (χ0n) is 24.5. The molecule has 0 atom stereocenters. The highest BCUT2D eigenvalue weighted by Crippen LogP contribution is 2.32. The highest BCUT2D eigenvalue weighted by Gasteiger charge is 2.23. The number of rotatable bonds is 5. The number of nitrogens with one attached hydrogen (secondary N) is 1. The second kappa shape index (κ2) is 11.7. The van der Waals surface area contributed by atoms with Crippen LogP contribution in [0.15, 0.2) is 78.0 Å². The molecule has 7 rings (SSSR count). The Morgan fingerprint density at radius 3 is 2.75 bits per heavy atom. The summed E-state index contributed by atoms with van der Waals surface area (Å²) in [5.41, 5.74) is 3.90. The fourth-order valence-electron chi connectivity index (χ4n) is 5.61. The molecule has 0 aliphatic carbocycles. The highest BCUT2D eigenvalue weighted by atomic mass is 32.1. The summed E-state index contributed by atoms with van der Waals surface area (Å²) in [7, 11) is 2.15. The molecule has 1 amide bonds. The quantitative estimate of drug-likeness (QED) is 0.289. The Hall–Kier alpha value is -4.74. The smallest absolute Gasteiger partial charge is 0.256 e. The Morgan fingerprint density at radius 1 is 1.02 bits per heavy atom. The molecule has 5 heterocycles. The number of para-hydroxylation sites is 1. The van der Waals surface area contributed by atoms with Gasteiger partial charge in [0.2, 0.25) is 0 Å². The second-order valence-corrected chi connectivity index (χ2v) is 12.1. The largest absolute Gasteiger partial charge is 0.355 e. The van der Waals surface area contributed by atoms with Crippen molar-refractivity contribution in [2.24, 2.45) is 4.99 Å². The van der Waals surface area contributed by atoms with E-state index in [4.69, 9.17) is 9.98 Å². The van der Waals surface area contributed by atoms with Crippen LogP contribution >= 0.6 is 11.3 Å². The minimum atomic E-state index is -0.400. The van der Waals surface area contributed by atoms with Crippen molar-refractivity contribution in [1.29, 1.82) is 0 Å². The van der Waals surface area contributed by atoms with Gasteiger partial charge >= 0.3 is 0 Å². The van der Waals surface area contributed by atoms with Crippen molar-refractivity contribution in [3.8, 4) is 0 Å². The molecule has 1 fully saturated rings. The molecule has 0 spiro atoms. The molecule has 6 aromatic rings. The third-order valence-corrected chi connectivity index (χ3v) is 9.02. The van der Waals surface area contributed by atoms with E-state index < -0.39 is 5.82 Å². The van der Waals surface area contributed by atoms with Gasteiger partial charge in [-0.15, -0.1) is 11.3 Å². The van der Waals surface area contributed by atoms with Gasteiger partial charge in [-0.25, -0.2) is 14.4 Å². The van der Waals surface area contributed by atoms with Crippen molar-refractivity contribution in [3.05, 3.63) is 101 Å². The molecule has 2 aromatic carbocycles. The molecule has 1 aliphatic rings. The summed E-state index contributed by atoms with van der Waals surface area (Å²) in [5, 5.41) is 4.18. The van der Waals surface area contributed by atoms with E-state index >= 15 is 0 Å². The van der Waals surface area contributed by atoms with Crippen molar-refractivity contribution >= 4 is 54.8 Å². The number of pyridine rings is 2. The Balaban J connectivity index is 1.48. The lowest BCUT2D eigenvalue weighted by atomic mass is 10.1. The number of thiazole rings is 1. The normalized spacial score (nSPS) is 14.9. The first-order valence-corrected chi connectivity index (χ1v) is 15.4. The summed E-state index contributed by atoms with van der Waals surface area (Å²) < 4.78 is 17.4. The summed E-state index contributed by atoms with van der Waals surface area (Å²) in [6.07, 6.45) is 4.38. The molecule has 9 nitrogen and oxygen atoms in total. The maximum Gasteiger partial charge on any atom is 0.256 e. The molecule has 44 heavy (non-hydrogen) atoms. The maximum atomic E-state index is 14.3. The zero-order valence-corrected chi connectivity index (χ0v) is 25.3. The number of anilines is 1. The highest BCUT2D eigenvalue weighted by molar-refractivity contribution is 7.24. The van der Waals surface area contributed by atoms with E-state index in [0.717, 1.165) is 54.3 Å². The zero-order chi connectivity index (χ0) is 30.2. The number of benzene rings is 2. The maximum absolute atomic E-state index is 14.3. The molecule has 1 saturated heterocycles. The molecule has 11 heteroatoms. The van der Waals surface area contributed by atoms with E-state index in [0.29, 0.717) is 38.2 Å². The number of fused-ring (bicyclic) bond motifs is 5. The number of amides is 1. The van der Waals surface area contributed by atoms with Crippen molar-refractivity contribution in [1.82, 2.24) is 29.6 Å². The third-order valence-electron chi connectivity index (χ3n) is 7.88. The van der Waals surface area contributed by atoms with Crippen LogP contribution in [0.25, 0.3) is 26.1 Å². The van der Waals surface area contributed by atoms with Crippen molar-refractivity contribution in [2.45, 2.75) is 19.9 Å². The fraction of sp³-hybridized carbons (Fsp3) is 0.242. The van der Waals surface area contributed by atoms with Gasteiger partial charge in [0.05, 0.1) is 45.4 Å². The van der Waals surface area contributed by atoms with Gasteiger partial charge < -0.3 is 15.1 Å². The minimum Gasteiger partial charge on any atom is -0.355 e. The van der Waals surface area contributed by atoms with Crippen LogP contribution in [-0.4, -0.2) is 63.4 Å². The van der Waals surface area contributed by atoms with Crippen LogP contribution in [0.4, 0.5) is 15.9 Å². The van der Waals surface area contributed by atoms with E-state index in [9.17, 15) is 9.18 Å². The van der Waals surface area contributed by atoms with E-state index in [1.54, 1.807) is 24.5 Å². The molecule has 1 aliphatic heterocycles. The molecule has 0 unspecified atom stereocenters. The van der Waals surface area contributed by atoms with Crippen LogP contribution in [0.2, 0.25) is 0 Å². The fourth-order valence-corrected chi connectivity index (χ4v) is 6.79. The molecule has 0 radical (unpaired) electrons. The number of hydrogen-bond acceptors (Lipinski definition) is 8. The van der Waals surface area contributed by atoms with Crippen LogP contribution in [-0.2, 0) is 6.54 Å². The van der Waals surface area contributed by atoms with Crippen molar-refractivity contribution < 1.29 is 9.18 Å². The van der Waals surface area contributed by atoms with E-state index in [-0.39, 0.29) is 12.5 Å². The lowest BCUT2D eigenvalue weighted by molar-refractivity contribution is 0.0951. The second-order valence-electron chi connectivity index (χ2n) is 11.0. The van der Waals surface area contributed by atoms with Gasteiger partial charge in [0.15, 0.2) is 0 Å². The number of carbonyl (C=O) groups excluding carboxylic acids is 1. The molecule has 0 saturated carbocycles. The first-order valence-electron chi connectivity index (χ1n) is 14.6. The van der Waals surface area contributed by atoms with Gasteiger partial charge in [0.1, 0.15) is 27.7 Å². The number of likely N-dealkylation sites (N-methyl/N-ethyl adjacent to an activating group) is 1. The lowest BCUT2D eigenvalue weighted by Crippen LogP contribution is -2.31. The average Bonchev–Trinajstić information content (AvgIpc) is 3.27. The van der Waals surface area contributed by atoms with Gasteiger partial charge in [-0.05, 0) is 69.4 Å². The Bertz CT molecular complexity index is 2090. The van der Waals surface area contributed by atoms with Gasteiger partial charge in [-0.1, -0.05) is 18.2 Å². The number of aromatic nitrogens is 4. The van der Waals surface area contributed by atoms with Gasteiger partial charge in [-0.3, -0.25) is 19.2 Å². The Kier molecular flexibility index (Phi) is 7.49. The third kappa shape index (κ3) is 5.40. The minimum absolute atomic E-state index is 0.196. The van der Waals surface area contributed by atoms with Crippen LogP contribution < -0.4 is 15.6 Å². The monoisotopic (exact) mass is 606 g/mol. The van der Waals surface area contributed by atoms with Crippen LogP contribution in [0.3, 0.4) is 0 Å². The number of carbonyl (C=O) groups is 1. The topological polar surface area (TPSA) is 91.0 Å². The summed E-state index contributed by atoms with van der Waals surface area (Å²) in [4.78, 5) is 38.3. The molecule has 1 N–H and O–H groups in total. The first-order chi connectivity index (χ1) is 21.4. The molecule has 222 valence electrons. The van der Waals surface area contributed by atoms with Crippen LogP contribution in [0, 0.1) is 12.7 Å². The Labute approximate surface area is 257 Å². The van der Waals surface area contributed by atoms with Crippen LogP contribution in [0.1, 0.15) is 28.2 Å². The van der Waals surface area contributed by atoms with Gasteiger partial charge in [0.25, 0.3) is 5.91 Å². The molecule has 0 bridgehead atoms. The van der Waals surface area contributed by atoms with E-state index in [2.05, 4.69) is 36.5 Å². The number of nitrogens with zero attached hydrogens (tertiary/aromatic N) is 7. The van der Waals surface area contributed by atoms with Gasteiger partial charge in [0, 0.05) is 31.2 Å². The predicted octanol–water partition coefficient (Wildman–Crippen LogP) is 5.24. The predicted molar refractivity (Wildman–Crippen MR) is 172 cm³/mol. The van der Waals surface area contributed by atoms with E-state index in [1.807, 2.05) is 43.3 Å². The summed E-state index contributed by atoms with van der Waals surface area (Å²) in [5.74, 6) is 0.167. The lowest BCUT2D eigenvalue weighted by Gasteiger charge is -2.22. The average molecular weight is 607 g/mol. The van der Waals surface area contributed by atoms with Gasteiger partial charge in [-0.2, -0.15) is 0 Å². The van der Waals surface area contributed by atoms with E-state index in [1.165, 1.54) is 23.5 Å². The summed E-state index contributed by atoms with van der Waals surface area (Å²) in [6.45, 7) is 5.84.